The number of rotatable bonds is 5. The number of nitrogens with zero attached hydrogens (tertiary/aromatic N) is 1. The smallest absolute Gasteiger partial charge is 0.339 e. The highest BCUT2D eigenvalue weighted by Gasteiger charge is 2.19. The molecular formula is C27H21NO3S. The van der Waals surface area contributed by atoms with Gasteiger partial charge < -0.3 is 4.18 Å². The third kappa shape index (κ3) is 4.41. The Labute approximate surface area is 188 Å². The molecule has 0 radical (unpaired) electrons. The van der Waals surface area contributed by atoms with Gasteiger partial charge in [-0.15, -0.1) is 0 Å². The fraction of sp³-hybridized carbons (Fsp3) is 0.0741. The molecule has 4 nitrogen and oxygen atoms in total. The normalized spacial score (nSPS) is 11.8. The Hall–Kier alpha value is -3.88. The molecule has 0 aromatic heterocycles. The molecule has 0 aliphatic carbocycles. The van der Waals surface area contributed by atoms with E-state index < -0.39 is 10.1 Å². The van der Waals surface area contributed by atoms with E-state index in [9.17, 15) is 13.7 Å². The lowest BCUT2D eigenvalue weighted by Gasteiger charge is -2.13. The second-order valence-electron chi connectivity index (χ2n) is 7.58. The van der Waals surface area contributed by atoms with E-state index in [1.807, 2.05) is 68.4 Å². The standard InChI is InChI=1S/C27H21NO3S/c1-19-7-11-21(12-8-19)23(18-28)17-26-25-6-4-3-5-22(25)13-16-27(26)31-32(29,30)24-14-9-20(2)10-15-24/h3-17H,1-2H3/b23-17+. The summed E-state index contributed by atoms with van der Waals surface area (Å²) in [5.74, 6) is 0.170. The fourth-order valence-corrected chi connectivity index (χ4v) is 4.37. The van der Waals surface area contributed by atoms with E-state index in [0.29, 0.717) is 11.1 Å². The molecule has 0 aliphatic heterocycles. The van der Waals surface area contributed by atoms with E-state index in [0.717, 1.165) is 27.5 Å². The highest BCUT2D eigenvalue weighted by molar-refractivity contribution is 7.87. The van der Waals surface area contributed by atoms with Gasteiger partial charge in [-0.3, -0.25) is 0 Å². The van der Waals surface area contributed by atoms with Crippen LogP contribution in [0.1, 0.15) is 22.3 Å². The topological polar surface area (TPSA) is 67.2 Å². The molecule has 4 aromatic rings. The highest BCUT2D eigenvalue weighted by atomic mass is 32.2. The maximum absolute atomic E-state index is 13.0. The molecule has 32 heavy (non-hydrogen) atoms. The van der Waals surface area contributed by atoms with Gasteiger partial charge in [-0.25, -0.2) is 0 Å². The minimum Gasteiger partial charge on any atom is -0.378 e. The minimum atomic E-state index is -4.05. The van der Waals surface area contributed by atoms with Crippen molar-refractivity contribution in [2.75, 3.05) is 0 Å². The van der Waals surface area contributed by atoms with E-state index in [1.54, 1.807) is 24.3 Å². The van der Waals surface area contributed by atoms with Crippen LogP contribution in [0.15, 0.2) is 89.8 Å². The van der Waals surface area contributed by atoms with Crippen LogP contribution in [-0.4, -0.2) is 8.42 Å². The summed E-state index contributed by atoms with van der Waals surface area (Å²) in [5.41, 5.74) is 3.74. The number of nitriles is 1. The summed E-state index contributed by atoms with van der Waals surface area (Å²) in [6.07, 6.45) is 1.69. The first-order valence-electron chi connectivity index (χ1n) is 10.1. The van der Waals surface area contributed by atoms with Gasteiger partial charge in [-0.05, 0) is 54.5 Å². The Morgan fingerprint density at radius 3 is 2.12 bits per heavy atom. The van der Waals surface area contributed by atoms with E-state index >= 15 is 0 Å². The summed E-state index contributed by atoms with van der Waals surface area (Å²) in [7, 11) is -4.05. The van der Waals surface area contributed by atoms with E-state index in [-0.39, 0.29) is 10.6 Å². The largest absolute Gasteiger partial charge is 0.378 e. The SMILES string of the molecule is Cc1ccc(/C(C#N)=C/c2c(OS(=O)(=O)c3ccc(C)cc3)ccc3ccccc23)cc1. The molecule has 0 aliphatic rings. The van der Waals surface area contributed by atoms with Gasteiger partial charge in [0, 0.05) is 5.56 Å². The van der Waals surface area contributed by atoms with Gasteiger partial charge in [0.1, 0.15) is 4.90 Å². The highest BCUT2D eigenvalue weighted by Crippen LogP contribution is 2.33. The van der Waals surface area contributed by atoms with Gasteiger partial charge in [0.2, 0.25) is 0 Å². The molecule has 0 amide bonds. The molecule has 0 spiro atoms. The second kappa shape index (κ2) is 8.70. The maximum Gasteiger partial charge on any atom is 0.339 e. The summed E-state index contributed by atoms with van der Waals surface area (Å²) in [6.45, 7) is 3.87. The summed E-state index contributed by atoms with van der Waals surface area (Å²) < 4.78 is 31.5. The van der Waals surface area contributed by atoms with Gasteiger partial charge in [0.05, 0.1) is 11.6 Å². The lowest BCUT2D eigenvalue weighted by atomic mass is 9.98. The molecule has 0 fully saturated rings. The van der Waals surface area contributed by atoms with Crippen LogP contribution in [-0.2, 0) is 10.1 Å². The number of aryl methyl sites for hydroxylation is 2. The number of allylic oxidation sites excluding steroid dienone is 1. The zero-order valence-electron chi connectivity index (χ0n) is 17.7. The second-order valence-corrected chi connectivity index (χ2v) is 9.13. The van der Waals surface area contributed by atoms with Crippen molar-refractivity contribution in [1.29, 1.82) is 5.26 Å². The van der Waals surface area contributed by atoms with Crippen LogP contribution in [0.2, 0.25) is 0 Å². The van der Waals surface area contributed by atoms with Crippen LogP contribution >= 0.6 is 0 Å². The Bertz CT molecular complexity index is 1460. The first-order chi connectivity index (χ1) is 15.4. The number of hydrogen-bond acceptors (Lipinski definition) is 4. The molecule has 158 valence electrons. The molecule has 0 bridgehead atoms. The van der Waals surface area contributed by atoms with Crippen LogP contribution < -0.4 is 4.18 Å². The van der Waals surface area contributed by atoms with Crippen molar-refractivity contribution >= 4 is 32.5 Å². The molecule has 5 heteroatoms. The third-order valence-corrected chi connectivity index (χ3v) is 6.46. The van der Waals surface area contributed by atoms with Crippen LogP contribution in [0.4, 0.5) is 0 Å². The van der Waals surface area contributed by atoms with E-state index in [1.165, 1.54) is 12.1 Å². The van der Waals surface area contributed by atoms with Crippen molar-refractivity contribution in [3.63, 3.8) is 0 Å². The van der Waals surface area contributed by atoms with Gasteiger partial charge in [0.25, 0.3) is 0 Å². The molecule has 4 rings (SSSR count). The van der Waals surface area contributed by atoms with Crippen LogP contribution in [0.3, 0.4) is 0 Å². The van der Waals surface area contributed by atoms with Crippen molar-refractivity contribution < 1.29 is 12.6 Å². The van der Waals surface area contributed by atoms with Crippen molar-refractivity contribution in [1.82, 2.24) is 0 Å². The summed E-state index contributed by atoms with van der Waals surface area (Å²) in [5, 5.41) is 11.5. The Kier molecular flexibility index (Phi) is 5.81. The summed E-state index contributed by atoms with van der Waals surface area (Å²) >= 11 is 0. The third-order valence-electron chi connectivity index (χ3n) is 5.21. The molecule has 4 aromatic carbocycles. The molecule has 0 unspecified atom stereocenters. The number of fused-ring (bicyclic) bond motifs is 1. The predicted molar refractivity (Wildman–Crippen MR) is 128 cm³/mol. The van der Waals surface area contributed by atoms with Crippen LogP contribution in [0, 0.1) is 25.2 Å². The molecule has 0 saturated carbocycles. The zero-order valence-corrected chi connectivity index (χ0v) is 18.6. The van der Waals surface area contributed by atoms with Crippen molar-refractivity contribution in [2.45, 2.75) is 18.7 Å². The average molecular weight is 440 g/mol. The molecule has 0 heterocycles. The Morgan fingerprint density at radius 1 is 0.844 bits per heavy atom. The Balaban J connectivity index is 1.87. The van der Waals surface area contributed by atoms with E-state index in [2.05, 4.69) is 6.07 Å². The van der Waals surface area contributed by atoms with Crippen LogP contribution in [0.25, 0.3) is 22.4 Å². The molecular weight excluding hydrogens is 418 g/mol. The van der Waals surface area contributed by atoms with Crippen LogP contribution in [0.5, 0.6) is 5.75 Å². The first-order valence-corrected chi connectivity index (χ1v) is 11.5. The van der Waals surface area contributed by atoms with E-state index in [4.69, 9.17) is 4.18 Å². The fourth-order valence-electron chi connectivity index (χ4n) is 3.43. The van der Waals surface area contributed by atoms with Crippen molar-refractivity contribution in [2.24, 2.45) is 0 Å². The lowest BCUT2D eigenvalue weighted by Crippen LogP contribution is -2.10. The Morgan fingerprint density at radius 2 is 1.47 bits per heavy atom. The average Bonchev–Trinajstić information content (AvgIpc) is 2.79. The van der Waals surface area contributed by atoms with Gasteiger partial charge >= 0.3 is 10.1 Å². The maximum atomic E-state index is 13.0. The zero-order chi connectivity index (χ0) is 22.7. The molecule has 0 saturated heterocycles. The molecule has 0 N–H and O–H groups in total. The minimum absolute atomic E-state index is 0.0743. The van der Waals surface area contributed by atoms with Gasteiger partial charge in [0.15, 0.2) is 5.75 Å². The number of hydrogen-bond donors (Lipinski definition) is 0. The van der Waals surface area contributed by atoms with Gasteiger partial charge in [-0.1, -0.05) is 77.9 Å². The summed E-state index contributed by atoms with van der Waals surface area (Å²) in [4.78, 5) is 0.0743. The quantitative estimate of drug-likeness (QED) is 0.208. The first kappa shape index (κ1) is 21.4. The number of benzene rings is 4. The predicted octanol–water partition coefficient (Wildman–Crippen LogP) is 6.29. The molecule has 0 atom stereocenters. The summed E-state index contributed by atoms with van der Waals surface area (Å²) in [6, 6.07) is 27.4. The van der Waals surface area contributed by atoms with Crippen molar-refractivity contribution in [3.05, 3.63) is 107 Å². The lowest BCUT2D eigenvalue weighted by molar-refractivity contribution is 0.486. The van der Waals surface area contributed by atoms with Crippen molar-refractivity contribution in [3.8, 4) is 11.8 Å². The monoisotopic (exact) mass is 439 g/mol. The van der Waals surface area contributed by atoms with Gasteiger partial charge in [-0.2, -0.15) is 13.7 Å².